The first-order valence-electron chi connectivity index (χ1n) is 6.61. The van der Waals surface area contributed by atoms with Crippen LogP contribution in [0.25, 0.3) is 0 Å². The summed E-state index contributed by atoms with van der Waals surface area (Å²) in [6.07, 6.45) is 6.31. The second kappa shape index (κ2) is 4.39. The summed E-state index contributed by atoms with van der Waals surface area (Å²) in [5, 5.41) is 9.14. The number of nitrogens with zero attached hydrogens (tertiary/aromatic N) is 3. The van der Waals surface area contributed by atoms with E-state index in [1.807, 2.05) is 19.4 Å². The van der Waals surface area contributed by atoms with Gasteiger partial charge in [0.05, 0.1) is 17.9 Å². The average molecular weight is 249 g/mol. The van der Waals surface area contributed by atoms with Gasteiger partial charge in [0.1, 0.15) is 0 Å². The molecule has 1 saturated carbocycles. The lowest BCUT2D eigenvalue weighted by Crippen LogP contribution is -2.24. The molecule has 0 bridgehead atoms. The van der Waals surface area contributed by atoms with Crippen molar-refractivity contribution in [1.29, 1.82) is 0 Å². The molecule has 1 aromatic rings. The highest BCUT2D eigenvalue weighted by atomic mass is 16.4. The lowest BCUT2D eigenvalue weighted by atomic mass is 9.99. The Balaban J connectivity index is 1.66. The van der Waals surface area contributed by atoms with Crippen LogP contribution in [0.3, 0.4) is 0 Å². The molecule has 1 aliphatic carbocycles. The van der Waals surface area contributed by atoms with Crippen molar-refractivity contribution in [2.24, 2.45) is 11.8 Å². The standard InChI is InChI=1S/C13H19N3O2/c1-9-5-15(7-12(9)13(17)18)6-11-4-14-8-16(11)10-2-3-10/h4,8-10,12H,2-3,5-7H2,1H3,(H,17,18)/t9-,12-/m1/s1. The Labute approximate surface area is 106 Å². The van der Waals surface area contributed by atoms with E-state index in [2.05, 4.69) is 14.5 Å². The van der Waals surface area contributed by atoms with Crippen molar-refractivity contribution < 1.29 is 9.90 Å². The summed E-state index contributed by atoms with van der Waals surface area (Å²) in [5.74, 6) is -0.650. The third-order valence-electron chi connectivity index (χ3n) is 4.08. The molecule has 2 heterocycles. The van der Waals surface area contributed by atoms with E-state index in [9.17, 15) is 4.79 Å². The van der Waals surface area contributed by atoms with Crippen molar-refractivity contribution in [3.05, 3.63) is 18.2 Å². The summed E-state index contributed by atoms with van der Waals surface area (Å²) in [6, 6.07) is 0.637. The molecule has 98 valence electrons. The van der Waals surface area contributed by atoms with Gasteiger partial charge in [-0.3, -0.25) is 9.69 Å². The van der Waals surface area contributed by atoms with Gasteiger partial charge < -0.3 is 9.67 Å². The number of rotatable bonds is 4. The van der Waals surface area contributed by atoms with E-state index in [0.717, 1.165) is 13.1 Å². The maximum atomic E-state index is 11.1. The van der Waals surface area contributed by atoms with E-state index in [1.54, 1.807) is 0 Å². The summed E-state index contributed by atoms with van der Waals surface area (Å²) in [5.41, 5.74) is 1.22. The second-order valence-electron chi connectivity index (χ2n) is 5.64. The average Bonchev–Trinajstić information content (AvgIpc) is 2.95. The van der Waals surface area contributed by atoms with Crippen molar-refractivity contribution in [3.63, 3.8) is 0 Å². The van der Waals surface area contributed by atoms with Crippen LogP contribution >= 0.6 is 0 Å². The second-order valence-corrected chi connectivity index (χ2v) is 5.64. The lowest BCUT2D eigenvalue weighted by Gasteiger charge is -2.16. The number of hydrogen-bond acceptors (Lipinski definition) is 3. The van der Waals surface area contributed by atoms with E-state index >= 15 is 0 Å². The minimum absolute atomic E-state index is 0.220. The molecule has 0 unspecified atom stereocenters. The first-order chi connectivity index (χ1) is 8.65. The zero-order valence-electron chi connectivity index (χ0n) is 10.6. The van der Waals surface area contributed by atoms with Crippen molar-refractivity contribution in [3.8, 4) is 0 Å². The van der Waals surface area contributed by atoms with Gasteiger partial charge in [-0.2, -0.15) is 0 Å². The number of aromatic nitrogens is 2. The maximum absolute atomic E-state index is 11.1. The Hall–Kier alpha value is -1.36. The molecule has 0 amide bonds. The minimum Gasteiger partial charge on any atom is -0.481 e. The van der Waals surface area contributed by atoms with Crippen LogP contribution < -0.4 is 0 Å². The minimum atomic E-state index is -0.666. The smallest absolute Gasteiger partial charge is 0.308 e. The summed E-state index contributed by atoms with van der Waals surface area (Å²) in [7, 11) is 0. The summed E-state index contributed by atoms with van der Waals surface area (Å²) >= 11 is 0. The van der Waals surface area contributed by atoms with E-state index < -0.39 is 5.97 Å². The number of carboxylic acid groups (broad SMARTS) is 1. The van der Waals surface area contributed by atoms with Gasteiger partial charge in [-0.05, 0) is 18.8 Å². The van der Waals surface area contributed by atoms with Crippen LogP contribution in [-0.2, 0) is 11.3 Å². The predicted octanol–water partition coefficient (Wildman–Crippen LogP) is 1.37. The molecule has 18 heavy (non-hydrogen) atoms. The number of aliphatic carboxylic acids is 1. The Morgan fingerprint density at radius 1 is 1.50 bits per heavy atom. The zero-order valence-corrected chi connectivity index (χ0v) is 10.6. The highest BCUT2D eigenvalue weighted by molar-refractivity contribution is 5.71. The third kappa shape index (κ3) is 2.14. The predicted molar refractivity (Wildman–Crippen MR) is 66.1 cm³/mol. The maximum Gasteiger partial charge on any atom is 0.308 e. The number of carboxylic acids is 1. The van der Waals surface area contributed by atoms with Gasteiger partial charge in [0.25, 0.3) is 0 Å². The van der Waals surface area contributed by atoms with Gasteiger partial charge in [-0.25, -0.2) is 4.98 Å². The van der Waals surface area contributed by atoms with Gasteiger partial charge >= 0.3 is 5.97 Å². The van der Waals surface area contributed by atoms with Crippen LogP contribution in [0.1, 0.15) is 31.5 Å². The van der Waals surface area contributed by atoms with Crippen LogP contribution in [0.5, 0.6) is 0 Å². The van der Waals surface area contributed by atoms with Gasteiger partial charge in [0.2, 0.25) is 0 Å². The SMILES string of the molecule is C[C@@H]1CN(Cc2cncn2C2CC2)C[C@H]1C(=O)O. The molecule has 5 nitrogen and oxygen atoms in total. The number of likely N-dealkylation sites (tertiary alicyclic amines) is 1. The Morgan fingerprint density at radius 2 is 2.28 bits per heavy atom. The molecular weight excluding hydrogens is 230 g/mol. The molecule has 5 heteroatoms. The molecule has 1 saturated heterocycles. The molecule has 1 aromatic heterocycles. The fourth-order valence-electron chi connectivity index (χ4n) is 2.88. The van der Waals surface area contributed by atoms with Crippen LogP contribution in [-0.4, -0.2) is 38.6 Å². The van der Waals surface area contributed by atoms with Crippen molar-refractivity contribution in [2.75, 3.05) is 13.1 Å². The summed E-state index contributed by atoms with van der Waals surface area (Å²) < 4.78 is 2.25. The monoisotopic (exact) mass is 249 g/mol. The summed E-state index contributed by atoms with van der Waals surface area (Å²) in [6.45, 7) is 4.38. The highest BCUT2D eigenvalue weighted by Gasteiger charge is 2.35. The van der Waals surface area contributed by atoms with Crippen LogP contribution in [0.15, 0.2) is 12.5 Å². The molecule has 1 aliphatic heterocycles. The molecule has 0 aromatic carbocycles. The Bertz CT molecular complexity index is 453. The Kier molecular flexibility index (Phi) is 2.86. The van der Waals surface area contributed by atoms with Gasteiger partial charge in [-0.15, -0.1) is 0 Å². The highest BCUT2D eigenvalue weighted by Crippen LogP contribution is 2.36. The van der Waals surface area contributed by atoms with Crippen molar-refractivity contribution in [1.82, 2.24) is 14.5 Å². The Morgan fingerprint density at radius 3 is 2.89 bits per heavy atom. The normalized spacial score (nSPS) is 28.7. The molecule has 2 aliphatic rings. The van der Waals surface area contributed by atoms with E-state index in [-0.39, 0.29) is 11.8 Å². The molecule has 2 fully saturated rings. The molecule has 3 rings (SSSR count). The number of hydrogen-bond donors (Lipinski definition) is 1. The third-order valence-corrected chi connectivity index (χ3v) is 4.08. The zero-order chi connectivity index (χ0) is 12.7. The quantitative estimate of drug-likeness (QED) is 0.875. The van der Waals surface area contributed by atoms with Gasteiger partial charge in [-0.1, -0.05) is 6.92 Å². The largest absolute Gasteiger partial charge is 0.481 e. The molecular formula is C13H19N3O2. The fourth-order valence-corrected chi connectivity index (χ4v) is 2.88. The first kappa shape index (κ1) is 11.7. The molecule has 0 radical (unpaired) electrons. The fraction of sp³-hybridized carbons (Fsp3) is 0.692. The molecule has 1 N–H and O–H groups in total. The van der Waals surface area contributed by atoms with E-state index in [1.165, 1.54) is 18.5 Å². The number of imidazole rings is 1. The summed E-state index contributed by atoms with van der Waals surface area (Å²) in [4.78, 5) is 17.6. The first-order valence-corrected chi connectivity index (χ1v) is 6.61. The molecule has 0 spiro atoms. The number of carbonyl (C=O) groups is 1. The molecule has 2 atom stereocenters. The van der Waals surface area contributed by atoms with E-state index in [0.29, 0.717) is 12.6 Å². The van der Waals surface area contributed by atoms with Crippen LogP contribution in [0.4, 0.5) is 0 Å². The van der Waals surface area contributed by atoms with Crippen molar-refractivity contribution in [2.45, 2.75) is 32.4 Å². The van der Waals surface area contributed by atoms with Crippen LogP contribution in [0.2, 0.25) is 0 Å². The van der Waals surface area contributed by atoms with Gasteiger partial charge in [0, 0.05) is 31.9 Å². The van der Waals surface area contributed by atoms with E-state index in [4.69, 9.17) is 5.11 Å². The van der Waals surface area contributed by atoms with Gasteiger partial charge in [0.15, 0.2) is 0 Å². The lowest BCUT2D eigenvalue weighted by molar-refractivity contribution is -0.142. The van der Waals surface area contributed by atoms with Crippen molar-refractivity contribution >= 4 is 5.97 Å². The topological polar surface area (TPSA) is 58.4 Å². The van der Waals surface area contributed by atoms with Crippen LogP contribution in [0, 0.1) is 11.8 Å².